The summed E-state index contributed by atoms with van der Waals surface area (Å²) in [5.41, 5.74) is 1.63. The Hall–Kier alpha value is -2.33. The van der Waals surface area contributed by atoms with Gasteiger partial charge in [-0.25, -0.2) is 0 Å². The minimum absolute atomic E-state index is 0.0212. The van der Waals surface area contributed by atoms with Gasteiger partial charge in [-0.1, -0.05) is 41.9 Å². The van der Waals surface area contributed by atoms with Gasteiger partial charge in [0.15, 0.2) is 0 Å². The predicted octanol–water partition coefficient (Wildman–Crippen LogP) is 3.73. The molecular weight excluding hydrogens is 324 g/mol. The lowest BCUT2D eigenvalue weighted by atomic mass is 10.1. The molecule has 0 saturated carbocycles. The number of hydrogen-bond acceptors (Lipinski definition) is 2. The standard InChI is InChI=1S/C19H21ClN2O2/c1-14(15-6-3-2-4-7-15)22-18(23)8-5-13-21-19(24)16-9-11-17(20)12-10-16/h2-4,6-7,9-12,14H,5,8,13H2,1H3,(H,21,24)(H,22,23). The van der Waals surface area contributed by atoms with Crippen LogP contribution in [-0.4, -0.2) is 18.4 Å². The molecule has 2 N–H and O–H groups in total. The first kappa shape index (κ1) is 18.0. The molecule has 4 nitrogen and oxygen atoms in total. The minimum Gasteiger partial charge on any atom is -0.352 e. The topological polar surface area (TPSA) is 58.2 Å². The molecule has 0 aliphatic carbocycles. The highest BCUT2D eigenvalue weighted by Gasteiger charge is 2.09. The highest BCUT2D eigenvalue weighted by Crippen LogP contribution is 2.11. The molecule has 5 heteroatoms. The molecule has 2 aromatic rings. The Balaban J connectivity index is 1.67. The Morgan fingerprint density at radius 3 is 2.38 bits per heavy atom. The molecule has 0 radical (unpaired) electrons. The van der Waals surface area contributed by atoms with Crippen molar-refractivity contribution in [2.45, 2.75) is 25.8 Å². The van der Waals surface area contributed by atoms with Crippen molar-refractivity contribution in [3.63, 3.8) is 0 Å². The second kappa shape index (κ2) is 9.08. The van der Waals surface area contributed by atoms with Crippen LogP contribution in [0, 0.1) is 0 Å². The molecular formula is C19H21ClN2O2. The van der Waals surface area contributed by atoms with Crippen molar-refractivity contribution < 1.29 is 9.59 Å². The maximum Gasteiger partial charge on any atom is 0.251 e. The van der Waals surface area contributed by atoms with Crippen LogP contribution in [-0.2, 0) is 4.79 Å². The molecule has 0 aliphatic rings. The van der Waals surface area contributed by atoms with Crippen LogP contribution < -0.4 is 10.6 Å². The van der Waals surface area contributed by atoms with Gasteiger partial charge >= 0.3 is 0 Å². The molecule has 0 fully saturated rings. The molecule has 0 heterocycles. The van der Waals surface area contributed by atoms with Gasteiger partial charge in [-0.05, 0) is 43.2 Å². The first-order chi connectivity index (χ1) is 11.6. The molecule has 2 aromatic carbocycles. The second-order valence-corrected chi connectivity index (χ2v) is 6.00. The number of amides is 2. The zero-order chi connectivity index (χ0) is 17.4. The molecule has 0 aliphatic heterocycles. The zero-order valence-corrected chi connectivity index (χ0v) is 14.3. The summed E-state index contributed by atoms with van der Waals surface area (Å²) < 4.78 is 0. The number of carbonyl (C=O) groups excluding carboxylic acids is 2. The minimum atomic E-state index is -0.162. The lowest BCUT2D eigenvalue weighted by Gasteiger charge is -2.14. The number of hydrogen-bond donors (Lipinski definition) is 2. The summed E-state index contributed by atoms with van der Waals surface area (Å²) in [5.74, 6) is -0.183. The van der Waals surface area contributed by atoms with Gasteiger partial charge in [-0.2, -0.15) is 0 Å². The maximum absolute atomic E-state index is 11.9. The van der Waals surface area contributed by atoms with Crippen molar-refractivity contribution in [1.29, 1.82) is 0 Å². The van der Waals surface area contributed by atoms with Crippen LogP contribution in [0.2, 0.25) is 5.02 Å². The number of carbonyl (C=O) groups is 2. The van der Waals surface area contributed by atoms with E-state index < -0.39 is 0 Å². The van der Waals surface area contributed by atoms with Gasteiger partial charge in [0.1, 0.15) is 0 Å². The molecule has 126 valence electrons. The SMILES string of the molecule is CC(NC(=O)CCCNC(=O)c1ccc(Cl)cc1)c1ccccc1. The van der Waals surface area contributed by atoms with E-state index in [-0.39, 0.29) is 17.9 Å². The predicted molar refractivity (Wildman–Crippen MR) is 96.0 cm³/mol. The fraction of sp³-hybridized carbons (Fsp3) is 0.263. The summed E-state index contributed by atoms with van der Waals surface area (Å²) in [7, 11) is 0. The molecule has 1 atom stereocenters. The van der Waals surface area contributed by atoms with Gasteiger partial charge in [0, 0.05) is 23.6 Å². The Morgan fingerprint density at radius 1 is 1.04 bits per heavy atom. The number of rotatable bonds is 7. The van der Waals surface area contributed by atoms with Crippen molar-refractivity contribution in [2.24, 2.45) is 0 Å². The van der Waals surface area contributed by atoms with Gasteiger partial charge in [0.2, 0.25) is 5.91 Å². The molecule has 2 amide bonds. The summed E-state index contributed by atoms with van der Waals surface area (Å²) in [6.45, 7) is 2.41. The largest absolute Gasteiger partial charge is 0.352 e. The lowest BCUT2D eigenvalue weighted by molar-refractivity contribution is -0.121. The smallest absolute Gasteiger partial charge is 0.251 e. The third-order valence-electron chi connectivity index (χ3n) is 3.65. The first-order valence-corrected chi connectivity index (χ1v) is 8.32. The lowest BCUT2D eigenvalue weighted by Crippen LogP contribution is -2.29. The summed E-state index contributed by atoms with van der Waals surface area (Å²) in [5, 5.41) is 6.35. The van der Waals surface area contributed by atoms with E-state index in [2.05, 4.69) is 10.6 Å². The highest BCUT2D eigenvalue weighted by molar-refractivity contribution is 6.30. The molecule has 0 aromatic heterocycles. The van der Waals surface area contributed by atoms with Crippen molar-refractivity contribution in [3.8, 4) is 0 Å². The van der Waals surface area contributed by atoms with Gasteiger partial charge in [0.05, 0.1) is 6.04 Å². The van der Waals surface area contributed by atoms with Crippen molar-refractivity contribution in [2.75, 3.05) is 6.54 Å². The Morgan fingerprint density at radius 2 is 1.71 bits per heavy atom. The van der Waals surface area contributed by atoms with Crippen LogP contribution in [0.5, 0.6) is 0 Å². The quantitative estimate of drug-likeness (QED) is 0.752. The van der Waals surface area contributed by atoms with E-state index in [1.54, 1.807) is 24.3 Å². The van der Waals surface area contributed by atoms with E-state index >= 15 is 0 Å². The van der Waals surface area contributed by atoms with Crippen LogP contribution in [0.25, 0.3) is 0 Å². The molecule has 2 rings (SSSR count). The van der Waals surface area contributed by atoms with Crippen molar-refractivity contribution in [1.82, 2.24) is 10.6 Å². The average molecular weight is 345 g/mol. The highest BCUT2D eigenvalue weighted by atomic mass is 35.5. The Kier molecular flexibility index (Phi) is 6.82. The van der Waals surface area contributed by atoms with E-state index in [9.17, 15) is 9.59 Å². The Labute approximate surface area is 147 Å². The second-order valence-electron chi connectivity index (χ2n) is 5.57. The molecule has 0 spiro atoms. The van der Waals surface area contributed by atoms with Gasteiger partial charge in [-0.3, -0.25) is 9.59 Å². The van der Waals surface area contributed by atoms with Gasteiger partial charge < -0.3 is 10.6 Å². The van der Waals surface area contributed by atoms with E-state index in [1.165, 1.54) is 0 Å². The summed E-state index contributed by atoms with van der Waals surface area (Å²) in [6, 6.07) is 16.5. The summed E-state index contributed by atoms with van der Waals surface area (Å²) in [4.78, 5) is 23.8. The summed E-state index contributed by atoms with van der Waals surface area (Å²) in [6.07, 6.45) is 0.963. The normalized spacial score (nSPS) is 11.6. The third-order valence-corrected chi connectivity index (χ3v) is 3.90. The third kappa shape index (κ3) is 5.70. The number of halogens is 1. The van der Waals surface area contributed by atoms with Crippen LogP contribution in [0.15, 0.2) is 54.6 Å². The number of nitrogens with one attached hydrogen (secondary N) is 2. The van der Waals surface area contributed by atoms with Crippen LogP contribution >= 0.6 is 11.6 Å². The zero-order valence-electron chi connectivity index (χ0n) is 13.6. The fourth-order valence-corrected chi connectivity index (χ4v) is 2.42. The van der Waals surface area contributed by atoms with Crippen molar-refractivity contribution in [3.05, 3.63) is 70.7 Å². The van der Waals surface area contributed by atoms with Crippen LogP contribution in [0.4, 0.5) is 0 Å². The maximum atomic E-state index is 11.9. The monoisotopic (exact) mass is 344 g/mol. The number of benzene rings is 2. The van der Waals surface area contributed by atoms with E-state index in [0.717, 1.165) is 5.56 Å². The van der Waals surface area contributed by atoms with E-state index in [4.69, 9.17) is 11.6 Å². The molecule has 24 heavy (non-hydrogen) atoms. The van der Waals surface area contributed by atoms with Crippen LogP contribution in [0.1, 0.15) is 41.7 Å². The van der Waals surface area contributed by atoms with Crippen molar-refractivity contribution >= 4 is 23.4 Å². The van der Waals surface area contributed by atoms with E-state index in [1.807, 2.05) is 37.3 Å². The van der Waals surface area contributed by atoms with Gasteiger partial charge in [-0.15, -0.1) is 0 Å². The van der Waals surface area contributed by atoms with Gasteiger partial charge in [0.25, 0.3) is 5.91 Å². The summed E-state index contributed by atoms with van der Waals surface area (Å²) >= 11 is 5.79. The molecule has 0 saturated heterocycles. The average Bonchev–Trinajstić information content (AvgIpc) is 2.60. The first-order valence-electron chi connectivity index (χ1n) is 7.94. The Bertz CT molecular complexity index is 672. The molecule has 1 unspecified atom stereocenters. The van der Waals surface area contributed by atoms with Crippen LogP contribution in [0.3, 0.4) is 0 Å². The molecule has 0 bridgehead atoms. The fourth-order valence-electron chi connectivity index (χ4n) is 2.29. The van der Waals surface area contributed by atoms with E-state index in [0.29, 0.717) is 30.0 Å².